The molecule has 0 saturated carbocycles. The Morgan fingerprint density at radius 1 is 0.829 bits per heavy atom. The van der Waals surface area contributed by atoms with Crippen LogP contribution in [0.3, 0.4) is 0 Å². The Bertz CT molecular complexity index is 2390. The van der Waals surface area contributed by atoms with Crippen molar-refractivity contribution >= 4 is 59.3 Å². The minimum atomic E-state index is -1.86. The third kappa shape index (κ3) is 20.6. The number of nitrogens with two attached hydrogens (primary N) is 1. The van der Waals surface area contributed by atoms with Gasteiger partial charge < -0.3 is 87.1 Å². The van der Waals surface area contributed by atoms with Gasteiger partial charge in [-0.2, -0.15) is 0 Å². The molecule has 0 spiro atoms. The lowest BCUT2D eigenvalue weighted by Crippen LogP contribution is -2.62. The largest absolute Gasteiger partial charge is 0.447 e. The van der Waals surface area contributed by atoms with Crippen LogP contribution >= 0.6 is 0 Å². The fraction of sp³-hybridized carbons (Fsp3) is 0.655. The second kappa shape index (κ2) is 32.2. The molecule has 3 heterocycles. The number of nitrogens with one attached hydrogen (secondary N) is 7. The van der Waals surface area contributed by atoms with Gasteiger partial charge in [0.05, 0.1) is 24.4 Å². The van der Waals surface area contributed by atoms with E-state index < -0.39 is 109 Å². The smallest absolute Gasteiger partial charge is 0.407 e. The summed E-state index contributed by atoms with van der Waals surface area (Å²) in [5.41, 5.74) is 5.88. The zero-order valence-electron chi connectivity index (χ0n) is 47.9. The summed E-state index contributed by atoms with van der Waals surface area (Å²) in [6.45, 7) is 14.5. The third-order valence-corrected chi connectivity index (χ3v) is 14.8. The number of hydrogen-bond donors (Lipinski definition) is 12. The number of imide groups is 1. The molecule has 27 nitrogen and oxygen atoms in total. The molecule has 0 unspecified atom stereocenters. The topological polar surface area (TPSA) is 394 Å². The van der Waals surface area contributed by atoms with Gasteiger partial charge in [0.15, 0.2) is 12.3 Å². The van der Waals surface area contributed by atoms with Crippen molar-refractivity contribution in [3.05, 3.63) is 54.1 Å². The Morgan fingerprint density at radius 2 is 1.46 bits per heavy atom. The molecule has 0 aromatic heterocycles. The van der Waals surface area contributed by atoms with Gasteiger partial charge in [-0.3, -0.25) is 33.7 Å². The molecule has 3 aliphatic rings. The highest BCUT2D eigenvalue weighted by molar-refractivity contribution is 6.12. The van der Waals surface area contributed by atoms with Crippen LogP contribution in [-0.4, -0.2) is 180 Å². The maximum absolute atomic E-state index is 13.6. The number of methoxy groups -OCH3 is 1. The number of ether oxygens (including phenoxy) is 5. The molecule has 27 heteroatoms. The van der Waals surface area contributed by atoms with Crippen LogP contribution in [0.1, 0.15) is 111 Å². The quantitative estimate of drug-likeness (QED) is 0.0213. The van der Waals surface area contributed by atoms with E-state index in [9.17, 15) is 63.6 Å². The lowest BCUT2D eigenvalue weighted by Gasteiger charge is -2.47. The molecule has 3 aliphatic heterocycles. The highest BCUT2D eigenvalue weighted by atomic mass is 16.7. The lowest BCUT2D eigenvalue weighted by molar-refractivity contribution is -0.298. The van der Waals surface area contributed by atoms with E-state index in [1.54, 1.807) is 58.9 Å². The standard InChI is InChI=1S/C55H85N9O18/c1-31(2)45(62-42(67)15-10-9-11-25-64-43(68)20-21-44(64)69)49(73)61-38(14-12-22-57-51(56)75)47(71)60-36-18-16-35(17-19-36)29-79-52(76)58-23-13-24-59-53(77)80-30-37(65)26-41-54(6,7)40(66)27-39(81-41)48(72)63-50(74)46(70)55(78-8)28-32(3)33(4)34(5)82-55/h16-21,31,33-34,37-41,45-46,48,65-66,70,72H,3,9-15,22-30H2,1-2,4-8H3,(H,58,76)(H,59,77)(H,60,71)(H,61,73)(H,62,67)(H,63,74)(H3,56,57,75)/t33-,34-,37+,38+,39+,40-,41-,45+,46-,48+,55-/m1/s1. The van der Waals surface area contributed by atoms with Gasteiger partial charge in [-0.05, 0) is 62.6 Å². The number of carbonyl (C=O) groups is 9. The number of carbonyl (C=O) groups excluding carboxylic acids is 9. The molecular formula is C55H85N9O18. The van der Waals surface area contributed by atoms with Gasteiger partial charge in [-0.1, -0.05) is 65.3 Å². The van der Waals surface area contributed by atoms with Crippen LogP contribution in [0.25, 0.3) is 0 Å². The van der Waals surface area contributed by atoms with E-state index in [4.69, 9.17) is 29.4 Å². The van der Waals surface area contributed by atoms with Gasteiger partial charge in [-0.15, -0.1) is 0 Å². The van der Waals surface area contributed by atoms with Gasteiger partial charge in [0, 0.05) is 88.1 Å². The maximum Gasteiger partial charge on any atom is 0.407 e. The number of alkyl carbamates (subject to hydrolysis) is 2. The fourth-order valence-electron chi connectivity index (χ4n) is 9.25. The van der Waals surface area contributed by atoms with Crippen molar-refractivity contribution in [3.8, 4) is 0 Å². The summed E-state index contributed by atoms with van der Waals surface area (Å²) in [5, 5.41) is 62.0. The molecule has 2 fully saturated rings. The fourth-order valence-corrected chi connectivity index (χ4v) is 9.25. The van der Waals surface area contributed by atoms with Crippen LogP contribution in [0.5, 0.6) is 0 Å². The third-order valence-electron chi connectivity index (χ3n) is 14.8. The Hall–Kier alpha value is -6.75. The van der Waals surface area contributed by atoms with E-state index in [2.05, 4.69) is 43.8 Å². The van der Waals surface area contributed by atoms with Crippen molar-refractivity contribution in [2.45, 2.75) is 173 Å². The number of aliphatic hydroxyl groups excluding tert-OH is 4. The molecule has 10 amide bonds. The van der Waals surface area contributed by atoms with Crippen molar-refractivity contribution in [1.29, 1.82) is 0 Å². The summed E-state index contributed by atoms with van der Waals surface area (Å²) in [6.07, 6.45) is -5.45. The number of urea groups is 1. The monoisotopic (exact) mass is 1160 g/mol. The van der Waals surface area contributed by atoms with E-state index in [0.29, 0.717) is 36.1 Å². The van der Waals surface area contributed by atoms with Crippen LogP contribution in [0, 0.1) is 17.3 Å². The number of aliphatic hydroxyl groups is 4. The zero-order valence-corrected chi connectivity index (χ0v) is 47.9. The van der Waals surface area contributed by atoms with Crippen molar-refractivity contribution in [1.82, 2.24) is 36.8 Å². The first-order valence-corrected chi connectivity index (χ1v) is 27.6. The molecular weight excluding hydrogens is 1070 g/mol. The van der Waals surface area contributed by atoms with E-state index in [-0.39, 0.29) is 107 Å². The number of nitrogens with zero attached hydrogens (tertiary/aromatic N) is 1. The number of rotatable bonds is 31. The SMILES string of the molecule is C=C1C[C@](OC)([C@H](O)C(=O)N[C@@H](O)[C@@H]2C[C@@H](O)C(C)(C)[C@@H](C[C@H](O)COC(=O)NCCCNC(=O)OCc3ccc(NC(=O)[C@H](CCCNC(N)=O)NC(=O)[C@@H](NC(=O)CCCCCN4C(=O)C=CC4=O)C(C)C)cc3)O2)O[C@H](C)[C@@H]1C. The minimum Gasteiger partial charge on any atom is -0.447 e. The zero-order chi connectivity index (χ0) is 60.9. The summed E-state index contributed by atoms with van der Waals surface area (Å²) in [4.78, 5) is 114. The maximum atomic E-state index is 13.6. The van der Waals surface area contributed by atoms with Gasteiger partial charge in [0.25, 0.3) is 17.7 Å². The van der Waals surface area contributed by atoms with Crippen LogP contribution in [0.4, 0.5) is 20.1 Å². The predicted molar refractivity (Wildman–Crippen MR) is 294 cm³/mol. The summed E-state index contributed by atoms with van der Waals surface area (Å²) >= 11 is 0. The van der Waals surface area contributed by atoms with Gasteiger partial charge in [0.1, 0.15) is 31.4 Å². The average Bonchev–Trinajstić information content (AvgIpc) is 3.86. The van der Waals surface area contributed by atoms with Crippen LogP contribution in [0.2, 0.25) is 0 Å². The van der Waals surface area contributed by atoms with Gasteiger partial charge in [-0.25, -0.2) is 14.4 Å². The molecule has 13 N–H and O–H groups in total. The highest BCUT2D eigenvalue weighted by Gasteiger charge is 2.51. The first-order chi connectivity index (χ1) is 38.7. The van der Waals surface area contributed by atoms with E-state index >= 15 is 0 Å². The Morgan fingerprint density at radius 3 is 2.07 bits per heavy atom. The molecule has 1 aromatic carbocycles. The number of hydrogen-bond acceptors (Lipinski definition) is 18. The second-order valence-electron chi connectivity index (χ2n) is 21.8. The average molecular weight is 1160 g/mol. The first-order valence-electron chi connectivity index (χ1n) is 27.6. The second-order valence-corrected chi connectivity index (χ2v) is 21.8. The van der Waals surface area contributed by atoms with Crippen LogP contribution in [-0.2, 0) is 59.1 Å². The molecule has 2 saturated heterocycles. The van der Waals surface area contributed by atoms with Crippen molar-refractivity contribution in [3.63, 3.8) is 0 Å². The first kappa shape index (κ1) is 67.8. The molecule has 0 radical (unpaired) electrons. The van der Waals surface area contributed by atoms with Gasteiger partial charge >= 0.3 is 18.2 Å². The summed E-state index contributed by atoms with van der Waals surface area (Å²) < 4.78 is 27.9. The molecule has 0 bridgehead atoms. The summed E-state index contributed by atoms with van der Waals surface area (Å²) in [6, 6.07) is 3.53. The van der Waals surface area contributed by atoms with Crippen molar-refractivity contribution < 1.29 is 87.3 Å². The van der Waals surface area contributed by atoms with E-state index in [1.165, 1.54) is 19.3 Å². The van der Waals surface area contributed by atoms with Crippen LogP contribution in [0.15, 0.2) is 48.6 Å². The lowest BCUT2D eigenvalue weighted by atomic mass is 9.74. The number of amides is 10. The number of anilines is 1. The predicted octanol–water partition coefficient (Wildman–Crippen LogP) is 0.962. The summed E-state index contributed by atoms with van der Waals surface area (Å²) in [5.74, 6) is -5.47. The normalized spacial score (nSPS) is 23.1. The Balaban J connectivity index is 1.14. The van der Waals surface area contributed by atoms with E-state index in [0.717, 1.165) is 4.90 Å². The van der Waals surface area contributed by atoms with Crippen molar-refractivity contribution in [2.75, 3.05) is 45.2 Å². The molecule has 458 valence electrons. The molecule has 4 rings (SSSR count). The Kier molecular flexibility index (Phi) is 26.6. The number of primary amides is 1. The van der Waals surface area contributed by atoms with Crippen molar-refractivity contribution in [2.24, 2.45) is 23.0 Å². The van der Waals surface area contributed by atoms with E-state index in [1.807, 2.05) is 6.92 Å². The van der Waals surface area contributed by atoms with Gasteiger partial charge in [0.2, 0.25) is 23.5 Å². The molecule has 0 aliphatic carbocycles. The Labute approximate surface area is 477 Å². The molecule has 82 heavy (non-hydrogen) atoms. The minimum absolute atomic E-state index is 0.0302. The molecule has 11 atom stereocenters. The van der Waals surface area contributed by atoms with Crippen LogP contribution < -0.4 is 43.0 Å². The number of unbranched alkanes of at least 4 members (excludes halogenated alkanes) is 2. The number of benzene rings is 1. The summed E-state index contributed by atoms with van der Waals surface area (Å²) in [7, 11) is 1.29. The molecule has 1 aromatic rings. The highest BCUT2D eigenvalue weighted by Crippen LogP contribution is 2.40.